The molecule has 3 aromatic rings. The molecule has 1 N–H and O–H groups in total. The number of para-hydroxylation sites is 1. The van der Waals surface area contributed by atoms with Crippen molar-refractivity contribution in [2.75, 3.05) is 0 Å². The molecule has 5 nitrogen and oxygen atoms in total. The molecule has 0 amide bonds. The Morgan fingerprint density at radius 3 is 3.13 bits per heavy atom. The predicted octanol–water partition coefficient (Wildman–Crippen LogP) is 1.18. The van der Waals surface area contributed by atoms with Gasteiger partial charge >= 0.3 is 5.69 Å². The number of rotatable bonds is 0. The van der Waals surface area contributed by atoms with Crippen molar-refractivity contribution in [3.63, 3.8) is 0 Å². The van der Waals surface area contributed by atoms with E-state index in [-0.39, 0.29) is 5.69 Å². The maximum absolute atomic E-state index is 11.6. The van der Waals surface area contributed by atoms with Gasteiger partial charge in [-0.25, -0.2) is 9.78 Å². The van der Waals surface area contributed by atoms with Crippen molar-refractivity contribution >= 4 is 39.1 Å². The summed E-state index contributed by atoms with van der Waals surface area (Å²) >= 11 is 2.18. The van der Waals surface area contributed by atoms with E-state index >= 15 is 0 Å². The van der Waals surface area contributed by atoms with Crippen molar-refractivity contribution in [2.45, 2.75) is 0 Å². The highest BCUT2D eigenvalue weighted by atomic mass is 127. The first kappa shape index (κ1) is 8.84. The molecule has 2 heterocycles. The number of halogens is 1. The molecule has 0 unspecified atom stereocenters. The molecule has 0 atom stereocenters. The monoisotopic (exact) mass is 312 g/mol. The Labute approximate surface area is 97.3 Å². The van der Waals surface area contributed by atoms with E-state index < -0.39 is 0 Å². The minimum Gasteiger partial charge on any atom is -0.304 e. The molecule has 0 radical (unpaired) electrons. The Balaban J connectivity index is 2.72. The van der Waals surface area contributed by atoms with E-state index in [1.165, 1.54) is 10.8 Å². The van der Waals surface area contributed by atoms with Gasteiger partial charge in [0.25, 0.3) is 0 Å². The first-order valence-corrected chi connectivity index (χ1v) is 5.35. The molecule has 6 heteroatoms. The average molecular weight is 312 g/mol. The van der Waals surface area contributed by atoms with Crippen LogP contribution in [0.4, 0.5) is 0 Å². The van der Waals surface area contributed by atoms with Crippen LogP contribution >= 0.6 is 22.6 Å². The first-order valence-electron chi connectivity index (χ1n) is 4.27. The smallest absolute Gasteiger partial charge is 0.304 e. The Hall–Kier alpha value is -1.44. The van der Waals surface area contributed by atoms with Crippen molar-refractivity contribution in [1.82, 2.24) is 19.6 Å². The van der Waals surface area contributed by atoms with Crippen molar-refractivity contribution in [1.29, 1.82) is 0 Å². The van der Waals surface area contributed by atoms with E-state index in [1.54, 1.807) is 0 Å². The number of aromatic amines is 1. The SMILES string of the molecule is O=c1[nH]c2c(I)cccc2c2ncnn12. The summed E-state index contributed by atoms with van der Waals surface area (Å²) in [6.07, 6.45) is 1.38. The number of benzene rings is 1. The molecular formula is C9H5IN4O. The van der Waals surface area contributed by atoms with Crippen LogP contribution in [0.2, 0.25) is 0 Å². The lowest BCUT2D eigenvalue weighted by Gasteiger charge is -2.00. The van der Waals surface area contributed by atoms with Crippen molar-refractivity contribution in [3.05, 3.63) is 38.6 Å². The molecule has 0 aliphatic heterocycles. The number of hydrogen-bond acceptors (Lipinski definition) is 3. The highest BCUT2D eigenvalue weighted by molar-refractivity contribution is 14.1. The summed E-state index contributed by atoms with van der Waals surface area (Å²) in [7, 11) is 0. The lowest BCUT2D eigenvalue weighted by molar-refractivity contribution is 0.881. The minimum absolute atomic E-state index is 0.265. The quantitative estimate of drug-likeness (QED) is 0.634. The molecule has 0 fully saturated rings. The average Bonchev–Trinajstić information content (AvgIpc) is 2.69. The lowest BCUT2D eigenvalue weighted by Crippen LogP contribution is -2.17. The van der Waals surface area contributed by atoms with Gasteiger partial charge in [0.15, 0.2) is 5.65 Å². The van der Waals surface area contributed by atoms with Crippen LogP contribution in [0.1, 0.15) is 0 Å². The molecule has 15 heavy (non-hydrogen) atoms. The maximum Gasteiger partial charge on any atom is 0.348 e. The predicted molar refractivity (Wildman–Crippen MR) is 63.8 cm³/mol. The number of hydrogen-bond donors (Lipinski definition) is 1. The van der Waals surface area contributed by atoms with Crippen LogP contribution in [-0.4, -0.2) is 19.6 Å². The highest BCUT2D eigenvalue weighted by Crippen LogP contribution is 2.19. The number of aromatic nitrogens is 4. The van der Waals surface area contributed by atoms with E-state index in [0.29, 0.717) is 5.65 Å². The molecule has 0 aliphatic carbocycles. The van der Waals surface area contributed by atoms with E-state index in [2.05, 4.69) is 37.7 Å². The van der Waals surface area contributed by atoms with Crippen LogP contribution in [0.3, 0.4) is 0 Å². The van der Waals surface area contributed by atoms with Gasteiger partial charge in [-0.3, -0.25) is 0 Å². The van der Waals surface area contributed by atoms with Gasteiger partial charge in [-0.05, 0) is 34.7 Å². The molecule has 2 aromatic heterocycles. The molecule has 0 saturated carbocycles. The summed E-state index contributed by atoms with van der Waals surface area (Å²) < 4.78 is 2.26. The van der Waals surface area contributed by atoms with E-state index in [9.17, 15) is 4.79 Å². The molecule has 0 spiro atoms. The maximum atomic E-state index is 11.6. The lowest BCUT2D eigenvalue weighted by atomic mass is 10.2. The van der Waals surface area contributed by atoms with Crippen molar-refractivity contribution in [2.24, 2.45) is 0 Å². The van der Waals surface area contributed by atoms with E-state index in [1.807, 2.05) is 18.2 Å². The summed E-state index contributed by atoms with van der Waals surface area (Å²) in [5.74, 6) is 0. The van der Waals surface area contributed by atoms with Gasteiger partial charge in [0.1, 0.15) is 6.33 Å². The van der Waals surface area contributed by atoms with Gasteiger partial charge < -0.3 is 4.98 Å². The van der Waals surface area contributed by atoms with E-state index in [0.717, 1.165) is 14.5 Å². The Morgan fingerprint density at radius 1 is 1.40 bits per heavy atom. The zero-order valence-electron chi connectivity index (χ0n) is 7.44. The number of nitrogens with one attached hydrogen (secondary N) is 1. The summed E-state index contributed by atoms with van der Waals surface area (Å²) in [6.45, 7) is 0. The number of nitrogens with zero attached hydrogens (tertiary/aromatic N) is 3. The fourth-order valence-electron chi connectivity index (χ4n) is 1.57. The largest absolute Gasteiger partial charge is 0.348 e. The summed E-state index contributed by atoms with van der Waals surface area (Å²) in [5.41, 5.74) is 1.13. The van der Waals surface area contributed by atoms with Crippen LogP contribution in [0.5, 0.6) is 0 Å². The second-order valence-corrected chi connectivity index (χ2v) is 4.25. The Bertz CT molecular complexity index is 715. The van der Waals surface area contributed by atoms with Crippen LogP contribution in [0, 0.1) is 3.57 Å². The summed E-state index contributed by atoms with van der Waals surface area (Å²) in [6, 6.07) is 5.78. The van der Waals surface area contributed by atoms with Gasteiger partial charge in [-0.2, -0.15) is 9.61 Å². The molecule has 74 valence electrons. The van der Waals surface area contributed by atoms with Crippen molar-refractivity contribution < 1.29 is 0 Å². The number of fused-ring (bicyclic) bond motifs is 3. The van der Waals surface area contributed by atoms with Crippen molar-refractivity contribution in [3.8, 4) is 0 Å². The Morgan fingerprint density at radius 2 is 2.27 bits per heavy atom. The van der Waals surface area contributed by atoms with Gasteiger partial charge in [-0.1, -0.05) is 6.07 Å². The zero-order valence-corrected chi connectivity index (χ0v) is 9.59. The van der Waals surface area contributed by atoms with Crippen LogP contribution in [0.25, 0.3) is 16.6 Å². The van der Waals surface area contributed by atoms with Crippen LogP contribution in [-0.2, 0) is 0 Å². The third kappa shape index (κ3) is 1.17. The van der Waals surface area contributed by atoms with Gasteiger partial charge in [0.2, 0.25) is 0 Å². The van der Waals surface area contributed by atoms with E-state index in [4.69, 9.17) is 0 Å². The highest BCUT2D eigenvalue weighted by Gasteiger charge is 2.07. The first-order chi connectivity index (χ1) is 7.27. The molecule has 1 aromatic carbocycles. The fraction of sp³-hybridized carbons (Fsp3) is 0. The third-order valence-electron chi connectivity index (χ3n) is 2.23. The standard InChI is InChI=1S/C9H5IN4O/c10-6-3-1-2-5-7(6)13-9(15)14-8(5)11-4-12-14/h1-4H,(H,13,15). The van der Waals surface area contributed by atoms with Gasteiger partial charge in [-0.15, -0.1) is 0 Å². The molecule has 0 bridgehead atoms. The van der Waals surface area contributed by atoms with Crippen LogP contribution in [0.15, 0.2) is 29.3 Å². The third-order valence-corrected chi connectivity index (χ3v) is 3.13. The minimum atomic E-state index is -0.265. The molecule has 0 saturated heterocycles. The van der Waals surface area contributed by atoms with Gasteiger partial charge in [0, 0.05) is 8.96 Å². The molecular weight excluding hydrogens is 307 g/mol. The summed E-state index contributed by atoms with van der Waals surface area (Å²) in [4.78, 5) is 18.5. The summed E-state index contributed by atoms with van der Waals surface area (Å²) in [5, 5.41) is 4.76. The van der Waals surface area contributed by atoms with Crippen LogP contribution < -0.4 is 5.69 Å². The molecule has 0 aliphatic rings. The number of H-pyrrole nitrogens is 1. The normalized spacial score (nSPS) is 11.3. The second-order valence-electron chi connectivity index (χ2n) is 3.09. The Kier molecular flexibility index (Phi) is 1.78. The zero-order chi connectivity index (χ0) is 10.4. The topological polar surface area (TPSA) is 63.0 Å². The van der Waals surface area contributed by atoms with Gasteiger partial charge in [0.05, 0.1) is 5.52 Å². The second kappa shape index (κ2) is 3.02. The molecule has 3 rings (SSSR count). The fourth-order valence-corrected chi connectivity index (χ4v) is 2.20.